The van der Waals surface area contributed by atoms with Crippen LogP contribution in [0.5, 0.6) is 5.75 Å². The number of rotatable bonds is 5. The van der Waals surface area contributed by atoms with Gasteiger partial charge in [0.25, 0.3) is 0 Å². The van der Waals surface area contributed by atoms with Gasteiger partial charge in [-0.1, -0.05) is 31.4 Å². The zero-order valence-electron chi connectivity index (χ0n) is 13.5. The lowest BCUT2D eigenvalue weighted by Crippen LogP contribution is -2.42. The van der Waals surface area contributed by atoms with Crippen molar-refractivity contribution in [3.05, 3.63) is 29.8 Å². The van der Waals surface area contributed by atoms with Gasteiger partial charge in [-0.2, -0.15) is 0 Å². The van der Waals surface area contributed by atoms with Gasteiger partial charge in [0.15, 0.2) is 0 Å². The highest BCUT2D eigenvalue weighted by atomic mass is 16.5. The van der Waals surface area contributed by atoms with Crippen molar-refractivity contribution in [1.82, 2.24) is 5.32 Å². The maximum atomic E-state index is 12.5. The highest BCUT2D eigenvalue weighted by Gasteiger charge is 2.26. The quantitative estimate of drug-likeness (QED) is 0.822. The Bertz CT molecular complexity index is 472. The van der Waals surface area contributed by atoms with Gasteiger partial charge in [0.1, 0.15) is 5.75 Å². The summed E-state index contributed by atoms with van der Waals surface area (Å²) in [4.78, 5) is 12.5. The Labute approximate surface area is 132 Å². The SMILES string of the molecule is COc1ccc(C(C)C(=O)NC2CCCCCC2CO)cc1. The van der Waals surface area contributed by atoms with Gasteiger partial charge in [0.05, 0.1) is 13.0 Å². The molecule has 1 fully saturated rings. The Balaban J connectivity index is 1.99. The summed E-state index contributed by atoms with van der Waals surface area (Å²) >= 11 is 0. The summed E-state index contributed by atoms with van der Waals surface area (Å²) in [5.74, 6) is 0.819. The van der Waals surface area contributed by atoms with Crippen molar-refractivity contribution in [3.8, 4) is 5.75 Å². The molecule has 3 unspecified atom stereocenters. The molecule has 1 amide bonds. The number of methoxy groups -OCH3 is 1. The van der Waals surface area contributed by atoms with Crippen molar-refractivity contribution in [2.75, 3.05) is 13.7 Å². The van der Waals surface area contributed by atoms with E-state index in [1.54, 1.807) is 7.11 Å². The van der Waals surface area contributed by atoms with E-state index in [0.29, 0.717) is 0 Å². The molecule has 4 nitrogen and oxygen atoms in total. The van der Waals surface area contributed by atoms with E-state index in [4.69, 9.17) is 4.74 Å². The molecule has 1 aromatic carbocycles. The molecule has 4 heteroatoms. The number of carbonyl (C=O) groups excluding carboxylic acids is 1. The number of carbonyl (C=O) groups is 1. The maximum Gasteiger partial charge on any atom is 0.227 e. The van der Waals surface area contributed by atoms with E-state index in [0.717, 1.165) is 37.0 Å². The van der Waals surface area contributed by atoms with Gasteiger partial charge in [-0.25, -0.2) is 0 Å². The Kier molecular flexibility index (Phi) is 6.25. The predicted molar refractivity (Wildman–Crippen MR) is 87.0 cm³/mol. The van der Waals surface area contributed by atoms with Gasteiger partial charge in [0, 0.05) is 18.6 Å². The molecule has 2 rings (SSSR count). The normalized spacial score (nSPS) is 23.4. The van der Waals surface area contributed by atoms with Gasteiger partial charge >= 0.3 is 0 Å². The fourth-order valence-electron chi connectivity index (χ4n) is 3.14. The third kappa shape index (κ3) is 4.23. The van der Waals surface area contributed by atoms with Crippen molar-refractivity contribution in [2.24, 2.45) is 5.92 Å². The number of amides is 1. The van der Waals surface area contributed by atoms with Crippen LogP contribution in [0.1, 0.15) is 50.5 Å². The number of aliphatic hydroxyl groups excluding tert-OH is 1. The van der Waals surface area contributed by atoms with Crippen LogP contribution in [0.3, 0.4) is 0 Å². The lowest BCUT2D eigenvalue weighted by molar-refractivity contribution is -0.123. The van der Waals surface area contributed by atoms with Crippen LogP contribution in [-0.2, 0) is 4.79 Å². The summed E-state index contributed by atoms with van der Waals surface area (Å²) < 4.78 is 5.15. The summed E-state index contributed by atoms with van der Waals surface area (Å²) in [7, 11) is 1.63. The van der Waals surface area contributed by atoms with Crippen LogP contribution in [0.4, 0.5) is 0 Å². The predicted octanol–water partition coefficient (Wildman–Crippen LogP) is 2.86. The number of aliphatic hydroxyl groups is 1. The van der Waals surface area contributed by atoms with E-state index >= 15 is 0 Å². The van der Waals surface area contributed by atoms with Crippen LogP contribution in [0.15, 0.2) is 24.3 Å². The molecule has 0 saturated heterocycles. The summed E-state index contributed by atoms with van der Waals surface area (Å²) in [6.07, 6.45) is 5.42. The molecule has 0 radical (unpaired) electrons. The standard InChI is InChI=1S/C18H27NO3/c1-13(14-8-10-16(22-2)11-9-14)18(21)19-17-7-5-3-4-6-15(17)12-20/h8-11,13,15,17,20H,3-7,12H2,1-2H3,(H,19,21). The van der Waals surface area contributed by atoms with Crippen LogP contribution in [-0.4, -0.2) is 30.8 Å². The fourth-order valence-corrected chi connectivity index (χ4v) is 3.14. The molecule has 1 saturated carbocycles. The Morgan fingerprint density at radius 2 is 1.95 bits per heavy atom. The Morgan fingerprint density at radius 1 is 1.27 bits per heavy atom. The van der Waals surface area contributed by atoms with E-state index in [1.165, 1.54) is 6.42 Å². The van der Waals surface area contributed by atoms with Crippen LogP contribution in [0, 0.1) is 5.92 Å². The van der Waals surface area contributed by atoms with Crippen LogP contribution < -0.4 is 10.1 Å². The number of nitrogens with one attached hydrogen (secondary N) is 1. The lowest BCUT2D eigenvalue weighted by atomic mass is 9.94. The molecule has 1 aromatic rings. The first-order chi connectivity index (χ1) is 10.7. The van der Waals surface area contributed by atoms with Crippen molar-refractivity contribution in [2.45, 2.75) is 51.0 Å². The second kappa shape index (κ2) is 8.18. The first-order valence-corrected chi connectivity index (χ1v) is 8.21. The second-order valence-electron chi connectivity index (χ2n) is 6.19. The average molecular weight is 305 g/mol. The zero-order chi connectivity index (χ0) is 15.9. The van der Waals surface area contributed by atoms with E-state index in [-0.39, 0.29) is 30.4 Å². The molecule has 1 aliphatic rings. The monoisotopic (exact) mass is 305 g/mol. The Hall–Kier alpha value is -1.55. The highest BCUT2D eigenvalue weighted by molar-refractivity contribution is 5.83. The van der Waals surface area contributed by atoms with E-state index in [9.17, 15) is 9.90 Å². The van der Waals surface area contributed by atoms with Gasteiger partial charge in [-0.15, -0.1) is 0 Å². The van der Waals surface area contributed by atoms with Gasteiger partial charge in [-0.05, 0) is 37.5 Å². The molecule has 3 atom stereocenters. The first-order valence-electron chi connectivity index (χ1n) is 8.21. The molecule has 0 bridgehead atoms. The molecule has 2 N–H and O–H groups in total. The van der Waals surface area contributed by atoms with Crippen LogP contribution in [0.25, 0.3) is 0 Å². The molecule has 122 valence electrons. The smallest absolute Gasteiger partial charge is 0.227 e. The van der Waals surface area contributed by atoms with Crippen molar-refractivity contribution in [1.29, 1.82) is 0 Å². The number of benzene rings is 1. The first kappa shape index (κ1) is 16.8. The van der Waals surface area contributed by atoms with Gasteiger partial charge < -0.3 is 15.2 Å². The van der Waals surface area contributed by atoms with Gasteiger partial charge in [0.2, 0.25) is 5.91 Å². The van der Waals surface area contributed by atoms with Crippen molar-refractivity contribution < 1.29 is 14.6 Å². The number of ether oxygens (including phenoxy) is 1. The molecule has 22 heavy (non-hydrogen) atoms. The summed E-state index contributed by atoms with van der Waals surface area (Å²) in [5.41, 5.74) is 0.979. The molecule has 0 heterocycles. The molecule has 0 spiro atoms. The summed E-state index contributed by atoms with van der Waals surface area (Å²) in [6, 6.07) is 7.71. The molecule has 0 aliphatic heterocycles. The molecular weight excluding hydrogens is 278 g/mol. The minimum atomic E-state index is -0.200. The van der Waals surface area contributed by atoms with Crippen LogP contribution in [0.2, 0.25) is 0 Å². The largest absolute Gasteiger partial charge is 0.497 e. The topological polar surface area (TPSA) is 58.6 Å². The van der Waals surface area contributed by atoms with Gasteiger partial charge in [-0.3, -0.25) is 4.79 Å². The van der Waals surface area contributed by atoms with E-state index in [1.807, 2.05) is 31.2 Å². The zero-order valence-corrected chi connectivity index (χ0v) is 13.5. The molecular formula is C18H27NO3. The van der Waals surface area contributed by atoms with E-state index < -0.39 is 0 Å². The molecule has 1 aliphatic carbocycles. The highest BCUT2D eigenvalue weighted by Crippen LogP contribution is 2.25. The average Bonchev–Trinajstić information content (AvgIpc) is 2.79. The minimum absolute atomic E-state index is 0.0375. The third-order valence-corrected chi connectivity index (χ3v) is 4.73. The molecule has 0 aromatic heterocycles. The van der Waals surface area contributed by atoms with Crippen molar-refractivity contribution in [3.63, 3.8) is 0 Å². The second-order valence-corrected chi connectivity index (χ2v) is 6.19. The maximum absolute atomic E-state index is 12.5. The lowest BCUT2D eigenvalue weighted by Gasteiger charge is -2.26. The number of hydrogen-bond acceptors (Lipinski definition) is 3. The fraction of sp³-hybridized carbons (Fsp3) is 0.611. The van der Waals surface area contributed by atoms with Crippen molar-refractivity contribution >= 4 is 5.91 Å². The van der Waals surface area contributed by atoms with Crippen LogP contribution >= 0.6 is 0 Å². The third-order valence-electron chi connectivity index (χ3n) is 4.73. The summed E-state index contributed by atoms with van der Waals surface area (Å²) in [6.45, 7) is 2.07. The number of hydrogen-bond donors (Lipinski definition) is 2. The summed E-state index contributed by atoms with van der Waals surface area (Å²) in [5, 5.41) is 12.7. The van der Waals surface area contributed by atoms with E-state index in [2.05, 4.69) is 5.32 Å². The minimum Gasteiger partial charge on any atom is -0.497 e. The Morgan fingerprint density at radius 3 is 2.59 bits per heavy atom.